The van der Waals surface area contributed by atoms with Crippen LogP contribution in [0.5, 0.6) is 0 Å². The summed E-state index contributed by atoms with van der Waals surface area (Å²) in [6.07, 6.45) is 0. The monoisotopic (exact) mass is 415 g/mol. The normalized spacial score (nSPS) is 11.3. The molecule has 5 heteroatoms. The van der Waals surface area contributed by atoms with Crippen LogP contribution in [-0.2, 0) is 6.54 Å². The van der Waals surface area contributed by atoms with E-state index in [1.165, 1.54) is 15.3 Å². The largest absolute Gasteiger partial charge is 0.370 e. The van der Waals surface area contributed by atoms with Crippen molar-refractivity contribution in [3.63, 3.8) is 0 Å². The lowest BCUT2D eigenvalue weighted by Gasteiger charge is -2.09. The summed E-state index contributed by atoms with van der Waals surface area (Å²) >= 11 is 1.75. The second-order valence-corrected chi connectivity index (χ2v) is 6.49. The number of halogens is 1. The molecule has 3 nitrogen and oxygen atoms in total. The number of benzene rings is 1. The third kappa shape index (κ3) is 5.67. The highest BCUT2D eigenvalue weighted by molar-refractivity contribution is 14.0. The van der Waals surface area contributed by atoms with Gasteiger partial charge >= 0.3 is 0 Å². The van der Waals surface area contributed by atoms with Gasteiger partial charge in [0.25, 0.3) is 0 Å². The Morgan fingerprint density at radius 1 is 1.29 bits per heavy atom. The molecule has 3 N–H and O–H groups in total. The molecule has 1 heterocycles. The van der Waals surface area contributed by atoms with E-state index < -0.39 is 0 Å². The molecule has 2 rings (SSSR count). The second-order valence-electron chi connectivity index (χ2n) is 5.12. The van der Waals surface area contributed by atoms with Gasteiger partial charge in [0.1, 0.15) is 0 Å². The molecule has 1 aromatic carbocycles. The van der Waals surface area contributed by atoms with Gasteiger partial charge in [0, 0.05) is 15.4 Å². The number of nitrogens with zero attached hydrogens (tertiary/aromatic N) is 1. The fourth-order valence-electron chi connectivity index (χ4n) is 1.90. The molecule has 0 aliphatic heterocycles. The van der Waals surface area contributed by atoms with Crippen molar-refractivity contribution in [3.8, 4) is 0 Å². The fraction of sp³-hybridized carbons (Fsp3) is 0.312. The summed E-state index contributed by atoms with van der Waals surface area (Å²) in [5.74, 6) is 0.959. The number of guanidine groups is 1. The van der Waals surface area contributed by atoms with E-state index in [1.807, 2.05) is 12.1 Å². The maximum atomic E-state index is 5.93. The van der Waals surface area contributed by atoms with Crippen molar-refractivity contribution >= 4 is 47.0 Å². The molecule has 114 valence electrons. The standard InChI is InChI=1S/C16H21N3S.HI/c1-11(2)13-5-4-6-14(9-13)19-16(17)18-10-15-8-7-12(3)20-15;/h4-9,11H,10H2,1-3H3,(H3,17,18,19);1H. The van der Waals surface area contributed by atoms with Gasteiger partial charge < -0.3 is 11.1 Å². The van der Waals surface area contributed by atoms with E-state index in [1.54, 1.807) is 11.3 Å². The average molecular weight is 415 g/mol. The van der Waals surface area contributed by atoms with Crippen LogP contribution in [0.1, 0.15) is 35.1 Å². The average Bonchev–Trinajstić information content (AvgIpc) is 2.82. The molecule has 0 saturated carbocycles. The zero-order valence-electron chi connectivity index (χ0n) is 12.6. The first-order valence-corrected chi connectivity index (χ1v) is 7.58. The molecule has 0 spiro atoms. The number of rotatable bonds is 4. The van der Waals surface area contributed by atoms with Gasteiger partial charge in [-0.15, -0.1) is 35.3 Å². The molecule has 0 aliphatic rings. The molecule has 0 unspecified atom stereocenters. The Kier molecular flexibility index (Phi) is 7.17. The van der Waals surface area contributed by atoms with Gasteiger partial charge in [-0.05, 0) is 42.7 Å². The van der Waals surface area contributed by atoms with Crippen molar-refractivity contribution in [1.29, 1.82) is 0 Å². The lowest BCUT2D eigenvalue weighted by atomic mass is 10.0. The van der Waals surface area contributed by atoms with E-state index >= 15 is 0 Å². The molecule has 0 amide bonds. The Balaban J connectivity index is 0.00000220. The van der Waals surface area contributed by atoms with Gasteiger partial charge in [0.15, 0.2) is 5.96 Å². The third-order valence-electron chi connectivity index (χ3n) is 3.03. The summed E-state index contributed by atoms with van der Waals surface area (Å²) in [6, 6.07) is 12.5. The number of aryl methyl sites for hydroxylation is 1. The van der Waals surface area contributed by atoms with Gasteiger partial charge in [-0.2, -0.15) is 0 Å². The van der Waals surface area contributed by atoms with Crippen LogP contribution in [0.3, 0.4) is 0 Å². The Morgan fingerprint density at radius 3 is 2.67 bits per heavy atom. The van der Waals surface area contributed by atoms with Crippen LogP contribution in [0.4, 0.5) is 5.69 Å². The van der Waals surface area contributed by atoms with Crippen molar-refractivity contribution in [1.82, 2.24) is 0 Å². The highest BCUT2D eigenvalue weighted by Crippen LogP contribution is 2.19. The quantitative estimate of drug-likeness (QED) is 0.431. The number of hydrogen-bond donors (Lipinski definition) is 2. The molecule has 0 radical (unpaired) electrons. The SMILES string of the molecule is Cc1ccc(CN=C(N)Nc2cccc(C(C)C)c2)s1.I. The van der Waals surface area contributed by atoms with E-state index in [-0.39, 0.29) is 24.0 Å². The number of hydrogen-bond acceptors (Lipinski definition) is 2. The smallest absolute Gasteiger partial charge is 0.193 e. The highest BCUT2D eigenvalue weighted by atomic mass is 127. The minimum atomic E-state index is 0. The second kappa shape index (κ2) is 8.38. The molecule has 0 aliphatic carbocycles. The van der Waals surface area contributed by atoms with Gasteiger partial charge in [0.2, 0.25) is 0 Å². The van der Waals surface area contributed by atoms with Crippen molar-refractivity contribution in [3.05, 3.63) is 51.7 Å². The molecule has 1 aromatic heterocycles. The molecule has 0 fully saturated rings. The number of nitrogens with one attached hydrogen (secondary N) is 1. The number of anilines is 1. The first kappa shape index (κ1) is 18.0. The van der Waals surface area contributed by atoms with Crippen LogP contribution in [-0.4, -0.2) is 5.96 Å². The maximum absolute atomic E-state index is 5.93. The van der Waals surface area contributed by atoms with E-state index in [0.29, 0.717) is 18.4 Å². The molecular weight excluding hydrogens is 393 g/mol. The molecule has 0 atom stereocenters. The Hall–Kier alpha value is -1.08. The number of aliphatic imine (C=N–C) groups is 1. The van der Waals surface area contributed by atoms with E-state index in [9.17, 15) is 0 Å². The van der Waals surface area contributed by atoms with E-state index in [4.69, 9.17) is 5.73 Å². The molecule has 2 aromatic rings. The van der Waals surface area contributed by atoms with Crippen LogP contribution in [0.2, 0.25) is 0 Å². The summed E-state index contributed by atoms with van der Waals surface area (Å²) < 4.78 is 0. The highest BCUT2D eigenvalue weighted by Gasteiger charge is 2.01. The van der Waals surface area contributed by atoms with Crippen molar-refractivity contribution < 1.29 is 0 Å². The topological polar surface area (TPSA) is 50.4 Å². The van der Waals surface area contributed by atoms with Crippen LogP contribution >= 0.6 is 35.3 Å². The minimum Gasteiger partial charge on any atom is -0.370 e. The van der Waals surface area contributed by atoms with Crippen LogP contribution in [0.25, 0.3) is 0 Å². The van der Waals surface area contributed by atoms with Crippen LogP contribution < -0.4 is 11.1 Å². The summed E-state index contributed by atoms with van der Waals surface area (Å²) in [6.45, 7) is 7.07. The summed E-state index contributed by atoms with van der Waals surface area (Å²) in [5.41, 5.74) is 8.20. The van der Waals surface area contributed by atoms with E-state index in [0.717, 1.165) is 5.69 Å². The predicted molar refractivity (Wildman–Crippen MR) is 104 cm³/mol. The zero-order valence-corrected chi connectivity index (χ0v) is 15.7. The number of nitrogens with two attached hydrogens (primary N) is 1. The van der Waals surface area contributed by atoms with Gasteiger partial charge in [-0.1, -0.05) is 26.0 Å². The fourth-order valence-corrected chi connectivity index (χ4v) is 2.71. The summed E-state index contributed by atoms with van der Waals surface area (Å²) in [7, 11) is 0. The Morgan fingerprint density at radius 2 is 2.05 bits per heavy atom. The lowest BCUT2D eigenvalue weighted by Crippen LogP contribution is -2.22. The van der Waals surface area contributed by atoms with Crippen molar-refractivity contribution in [2.45, 2.75) is 33.2 Å². The van der Waals surface area contributed by atoms with Crippen LogP contribution in [0.15, 0.2) is 41.4 Å². The van der Waals surface area contributed by atoms with E-state index in [2.05, 4.69) is 55.3 Å². The lowest BCUT2D eigenvalue weighted by molar-refractivity contribution is 0.867. The predicted octanol–water partition coefficient (Wildman–Crippen LogP) is 4.72. The van der Waals surface area contributed by atoms with Crippen LogP contribution in [0, 0.1) is 6.92 Å². The summed E-state index contributed by atoms with van der Waals surface area (Å²) in [5, 5.41) is 3.15. The third-order valence-corrected chi connectivity index (χ3v) is 4.01. The maximum Gasteiger partial charge on any atom is 0.193 e. The van der Waals surface area contributed by atoms with Gasteiger partial charge in [0.05, 0.1) is 6.54 Å². The first-order chi connectivity index (χ1) is 9.54. The van der Waals surface area contributed by atoms with Gasteiger partial charge in [-0.25, -0.2) is 4.99 Å². The molecular formula is C16H22IN3S. The minimum absolute atomic E-state index is 0. The zero-order chi connectivity index (χ0) is 14.5. The van der Waals surface area contributed by atoms with Crippen molar-refractivity contribution in [2.75, 3.05) is 5.32 Å². The Bertz CT molecular complexity index is 605. The summed E-state index contributed by atoms with van der Waals surface area (Å²) in [4.78, 5) is 6.89. The molecule has 0 saturated heterocycles. The Labute approximate surface area is 147 Å². The van der Waals surface area contributed by atoms with Crippen molar-refractivity contribution in [2.24, 2.45) is 10.7 Å². The molecule has 0 bridgehead atoms. The molecule has 21 heavy (non-hydrogen) atoms. The first-order valence-electron chi connectivity index (χ1n) is 6.77. The van der Waals surface area contributed by atoms with Gasteiger partial charge in [-0.3, -0.25) is 0 Å². The number of thiophene rings is 1.